The zero-order valence-corrected chi connectivity index (χ0v) is 8.28. The number of benzene rings is 2. The highest BCUT2D eigenvalue weighted by atomic mass is 16.1. The van der Waals surface area contributed by atoms with Crippen molar-refractivity contribution in [2.75, 3.05) is 0 Å². The van der Waals surface area contributed by atoms with Crippen LogP contribution in [0.5, 0.6) is 0 Å². The number of ketones is 2. The molecule has 2 nitrogen and oxygen atoms in total. The molecule has 0 bridgehead atoms. The predicted molar refractivity (Wildman–Crippen MR) is 57.4 cm³/mol. The molecule has 0 aromatic heterocycles. The Morgan fingerprint density at radius 1 is 0.750 bits per heavy atom. The minimum absolute atomic E-state index is 0.127. The van der Waals surface area contributed by atoms with Crippen molar-refractivity contribution in [1.82, 2.24) is 0 Å². The molecule has 74 valence electrons. The molecule has 2 radical (unpaired) electrons. The highest BCUT2D eigenvalue weighted by molar-refractivity contribution is 6.28. The average molecular weight is 206 g/mol. The van der Waals surface area contributed by atoms with Crippen molar-refractivity contribution >= 4 is 11.6 Å². The first kappa shape index (κ1) is 9.04. The second kappa shape index (κ2) is 3.14. The molecule has 2 heteroatoms. The molecule has 0 unspecified atom stereocenters. The zero-order valence-electron chi connectivity index (χ0n) is 8.28. The summed E-state index contributed by atoms with van der Waals surface area (Å²) >= 11 is 0. The van der Waals surface area contributed by atoms with Crippen molar-refractivity contribution in [3.8, 4) is 0 Å². The van der Waals surface area contributed by atoms with Crippen molar-refractivity contribution in [3.63, 3.8) is 0 Å². The quantitative estimate of drug-likeness (QED) is 0.564. The maximum atomic E-state index is 12.1. The van der Waals surface area contributed by atoms with Gasteiger partial charge in [-0.1, -0.05) is 36.4 Å². The lowest BCUT2D eigenvalue weighted by molar-refractivity contribution is 0.0978. The fraction of sp³-hybridized carbons (Fsp3) is 0. The van der Waals surface area contributed by atoms with E-state index in [4.69, 9.17) is 0 Å². The van der Waals surface area contributed by atoms with Crippen LogP contribution in [0.4, 0.5) is 0 Å². The van der Waals surface area contributed by atoms with Crippen LogP contribution in [0.15, 0.2) is 36.4 Å². The second-order valence-electron chi connectivity index (χ2n) is 3.58. The van der Waals surface area contributed by atoms with Gasteiger partial charge < -0.3 is 0 Å². The smallest absolute Gasteiger partial charge is 0.195 e. The molecule has 0 spiro atoms. The van der Waals surface area contributed by atoms with Crippen LogP contribution in [-0.2, 0) is 0 Å². The van der Waals surface area contributed by atoms with Gasteiger partial charge in [-0.25, -0.2) is 0 Å². The van der Waals surface area contributed by atoms with Gasteiger partial charge in [0.2, 0.25) is 0 Å². The largest absolute Gasteiger partial charge is 0.289 e. The van der Waals surface area contributed by atoms with Gasteiger partial charge in [-0.3, -0.25) is 9.59 Å². The maximum Gasteiger partial charge on any atom is 0.195 e. The Hall–Kier alpha value is -2.22. The molecule has 0 aliphatic heterocycles. The van der Waals surface area contributed by atoms with Gasteiger partial charge in [0.25, 0.3) is 0 Å². The lowest BCUT2D eigenvalue weighted by atomic mass is 9.84. The highest BCUT2D eigenvalue weighted by Gasteiger charge is 2.28. The normalized spacial score (nSPS) is 13.2. The molecule has 0 fully saturated rings. The van der Waals surface area contributed by atoms with E-state index in [0.717, 1.165) is 0 Å². The first-order valence-electron chi connectivity index (χ1n) is 4.90. The van der Waals surface area contributed by atoms with Gasteiger partial charge in [0.1, 0.15) is 0 Å². The van der Waals surface area contributed by atoms with Crippen LogP contribution in [0, 0.1) is 12.1 Å². The summed E-state index contributed by atoms with van der Waals surface area (Å²) in [5.41, 5.74) is 1.56. The molecule has 2 aromatic carbocycles. The molecular weight excluding hydrogens is 200 g/mol. The maximum absolute atomic E-state index is 12.1. The molecule has 0 N–H and O–H groups in total. The highest BCUT2D eigenvalue weighted by Crippen LogP contribution is 2.25. The van der Waals surface area contributed by atoms with Gasteiger partial charge in [-0.2, -0.15) is 0 Å². The summed E-state index contributed by atoms with van der Waals surface area (Å²) in [5.74, 6) is -0.302. The van der Waals surface area contributed by atoms with Crippen molar-refractivity contribution in [3.05, 3.63) is 70.8 Å². The molecule has 0 amide bonds. The first-order valence-corrected chi connectivity index (χ1v) is 4.90. The SMILES string of the molecule is O=C1c2[c]cccc2C(=O)c2ccc[c]c21. The lowest BCUT2D eigenvalue weighted by Gasteiger charge is -2.15. The van der Waals surface area contributed by atoms with Gasteiger partial charge in [-0.05, 0) is 12.1 Å². The third-order valence-corrected chi connectivity index (χ3v) is 2.66. The summed E-state index contributed by atoms with van der Waals surface area (Å²) in [5, 5.41) is 0. The Morgan fingerprint density at radius 3 is 1.75 bits per heavy atom. The molecule has 0 heterocycles. The van der Waals surface area contributed by atoms with Crippen LogP contribution in [0.2, 0.25) is 0 Å². The number of carbonyl (C=O) groups excluding carboxylic acids is 2. The van der Waals surface area contributed by atoms with Gasteiger partial charge >= 0.3 is 0 Å². The van der Waals surface area contributed by atoms with Crippen molar-refractivity contribution < 1.29 is 9.59 Å². The van der Waals surface area contributed by atoms with E-state index in [1.807, 2.05) is 0 Å². The molecule has 1 aliphatic carbocycles. The zero-order chi connectivity index (χ0) is 11.1. The van der Waals surface area contributed by atoms with Crippen LogP contribution in [0.1, 0.15) is 31.8 Å². The van der Waals surface area contributed by atoms with E-state index in [2.05, 4.69) is 12.1 Å². The molecule has 2 aromatic rings. The Bertz CT molecular complexity index is 506. The third-order valence-electron chi connectivity index (χ3n) is 2.66. The van der Waals surface area contributed by atoms with E-state index in [-0.39, 0.29) is 11.6 Å². The monoisotopic (exact) mass is 206 g/mol. The predicted octanol–water partition coefficient (Wildman–Crippen LogP) is 2.06. The van der Waals surface area contributed by atoms with E-state index in [1.165, 1.54) is 0 Å². The Kier molecular flexibility index (Phi) is 1.77. The van der Waals surface area contributed by atoms with Crippen LogP contribution < -0.4 is 0 Å². The summed E-state index contributed by atoms with van der Waals surface area (Å²) in [6.45, 7) is 0. The molecule has 3 rings (SSSR count). The summed E-state index contributed by atoms with van der Waals surface area (Å²) in [6.07, 6.45) is 0. The minimum Gasteiger partial charge on any atom is -0.289 e. The summed E-state index contributed by atoms with van der Waals surface area (Å²) in [6, 6.07) is 15.6. The number of rotatable bonds is 0. The molecular formula is C14H6O2. The Balaban J connectivity index is 2.35. The molecule has 0 atom stereocenters. The first-order chi connectivity index (χ1) is 7.79. The number of hydrogen-bond donors (Lipinski definition) is 0. The van der Waals surface area contributed by atoms with Gasteiger partial charge in [0.05, 0.1) is 0 Å². The topological polar surface area (TPSA) is 34.1 Å². The van der Waals surface area contributed by atoms with Crippen LogP contribution >= 0.6 is 0 Å². The van der Waals surface area contributed by atoms with Crippen LogP contribution in [-0.4, -0.2) is 11.6 Å². The van der Waals surface area contributed by atoms with E-state index < -0.39 is 0 Å². The third kappa shape index (κ3) is 1.07. The van der Waals surface area contributed by atoms with Crippen molar-refractivity contribution in [2.45, 2.75) is 0 Å². The fourth-order valence-electron chi connectivity index (χ4n) is 1.90. The standard InChI is InChI=1S/C14H6O2/c15-13-9-5-1-2-6-10(9)14(16)12-8-4-3-7-11(12)13/h1-5,7H. The van der Waals surface area contributed by atoms with Gasteiger partial charge in [0.15, 0.2) is 11.6 Å². The van der Waals surface area contributed by atoms with E-state index in [1.54, 1.807) is 36.4 Å². The fourth-order valence-corrected chi connectivity index (χ4v) is 1.90. The average Bonchev–Trinajstić information content (AvgIpc) is 2.36. The summed E-state index contributed by atoms with van der Waals surface area (Å²) < 4.78 is 0. The Morgan fingerprint density at radius 2 is 1.25 bits per heavy atom. The Labute approximate surface area is 92.5 Å². The van der Waals surface area contributed by atoms with E-state index in [9.17, 15) is 9.59 Å². The summed E-state index contributed by atoms with van der Waals surface area (Å²) in [7, 11) is 0. The van der Waals surface area contributed by atoms with Crippen molar-refractivity contribution in [2.24, 2.45) is 0 Å². The van der Waals surface area contributed by atoms with E-state index >= 15 is 0 Å². The van der Waals surface area contributed by atoms with Crippen molar-refractivity contribution in [1.29, 1.82) is 0 Å². The second-order valence-corrected chi connectivity index (χ2v) is 3.58. The molecule has 1 aliphatic rings. The molecule has 0 saturated carbocycles. The number of hydrogen-bond acceptors (Lipinski definition) is 2. The van der Waals surface area contributed by atoms with Crippen LogP contribution in [0.3, 0.4) is 0 Å². The van der Waals surface area contributed by atoms with Gasteiger partial charge in [-0.15, -0.1) is 0 Å². The van der Waals surface area contributed by atoms with Crippen LogP contribution in [0.25, 0.3) is 0 Å². The molecule has 16 heavy (non-hydrogen) atoms. The summed E-state index contributed by atoms with van der Waals surface area (Å²) in [4.78, 5) is 24.1. The number of carbonyl (C=O) groups is 2. The van der Waals surface area contributed by atoms with E-state index in [0.29, 0.717) is 22.3 Å². The van der Waals surface area contributed by atoms with Gasteiger partial charge in [0, 0.05) is 22.3 Å². The minimum atomic E-state index is -0.175. The number of fused-ring (bicyclic) bond motifs is 2. The molecule has 0 saturated heterocycles. The lowest BCUT2D eigenvalue weighted by Crippen LogP contribution is -2.20.